The first kappa shape index (κ1) is 16.7. The van der Waals surface area contributed by atoms with Crippen LogP contribution >= 0.6 is 0 Å². The molecule has 0 saturated carbocycles. The highest BCUT2D eigenvalue weighted by Gasteiger charge is 2.44. The van der Waals surface area contributed by atoms with Crippen LogP contribution in [0.2, 0.25) is 0 Å². The third-order valence-corrected chi connectivity index (χ3v) is 4.98. The van der Waals surface area contributed by atoms with Crippen LogP contribution in [0.1, 0.15) is 40.0 Å². The van der Waals surface area contributed by atoms with Crippen LogP contribution < -0.4 is 0 Å². The summed E-state index contributed by atoms with van der Waals surface area (Å²) >= 11 is 0. The topological polar surface area (TPSA) is 53.0 Å². The molecule has 21 heavy (non-hydrogen) atoms. The lowest BCUT2D eigenvalue weighted by molar-refractivity contribution is -0.148. The predicted molar refractivity (Wildman–Crippen MR) is 82.5 cm³/mol. The van der Waals surface area contributed by atoms with E-state index in [1.54, 1.807) is 0 Å². The summed E-state index contributed by atoms with van der Waals surface area (Å²) in [5.74, 6) is -0.625. The van der Waals surface area contributed by atoms with Crippen molar-refractivity contribution < 1.29 is 14.6 Å². The lowest BCUT2D eigenvalue weighted by Gasteiger charge is -2.37. The number of morpholine rings is 1. The fourth-order valence-electron chi connectivity index (χ4n) is 3.69. The second-order valence-electron chi connectivity index (χ2n) is 6.90. The molecule has 0 aromatic heterocycles. The van der Waals surface area contributed by atoms with Crippen LogP contribution in [0.4, 0.5) is 0 Å². The van der Waals surface area contributed by atoms with Gasteiger partial charge in [-0.3, -0.25) is 14.6 Å². The Morgan fingerprint density at radius 2 is 2.19 bits per heavy atom. The number of rotatable bonds is 6. The van der Waals surface area contributed by atoms with Gasteiger partial charge in [0.2, 0.25) is 0 Å². The van der Waals surface area contributed by atoms with Crippen molar-refractivity contribution in [2.75, 3.05) is 39.3 Å². The number of ether oxygens (including phenoxy) is 1. The van der Waals surface area contributed by atoms with E-state index >= 15 is 0 Å². The fraction of sp³-hybridized carbons (Fsp3) is 0.938. The molecule has 2 rings (SSSR count). The lowest BCUT2D eigenvalue weighted by atomic mass is 9.83. The van der Waals surface area contributed by atoms with E-state index in [2.05, 4.69) is 30.6 Å². The van der Waals surface area contributed by atoms with Gasteiger partial charge in [-0.1, -0.05) is 13.3 Å². The molecular formula is C16H30N2O3. The molecule has 0 aromatic rings. The molecule has 0 aromatic carbocycles. The minimum atomic E-state index is -0.625. The van der Waals surface area contributed by atoms with Gasteiger partial charge in [0.25, 0.3) is 0 Å². The molecule has 5 nitrogen and oxygen atoms in total. The predicted octanol–water partition coefficient (Wildman–Crippen LogP) is 1.67. The molecule has 0 amide bonds. The highest BCUT2D eigenvalue weighted by Crippen LogP contribution is 2.35. The normalized spacial score (nSPS) is 31.9. The molecule has 0 radical (unpaired) electrons. The number of carbonyl (C=O) groups is 1. The van der Waals surface area contributed by atoms with E-state index in [0.29, 0.717) is 12.6 Å². The molecule has 2 saturated heterocycles. The van der Waals surface area contributed by atoms with Crippen LogP contribution in [0.3, 0.4) is 0 Å². The monoisotopic (exact) mass is 298 g/mol. The Kier molecular flexibility index (Phi) is 5.63. The number of nitrogens with zero attached hydrogens (tertiary/aromatic N) is 2. The average Bonchev–Trinajstić information content (AvgIpc) is 2.84. The van der Waals surface area contributed by atoms with Crippen LogP contribution in [-0.2, 0) is 9.53 Å². The second kappa shape index (κ2) is 7.07. The third kappa shape index (κ3) is 3.96. The summed E-state index contributed by atoms with van der Waals surface area (Å²) in [6.07, 6.45) is 2.70. The molecule has 1 N–H and O–H groups in total. The molecular weight excluding hydrogens is 268 g/mol. The number of hydrogen-bond donors (Lipinski definition) is 1. The maximum Gasteiger partial charge on any atom is 0.310 e. The van der Waals surface area contributed by atoms with Crippen LogP contribution in [0.5, 0.6) is 0 Å². The first-order chi connectivity index (χ1) is 9.97. The van der Waals surface area contributed by atoms with Crippen LogP contribution in [0, 0.1) is 5.41 Å². The number of carboxylic acids is 1. The summed E-state index contributed by atoms with van der Waals surface area (Å²) < 4.78 is 5.88. The van der Waals surface area contributed by atoms with Gasteiger partial charge in [0.15, 0.2) is 0 Å². The van der Waals surface area contributed by atoms with Crippen molar-refractivity contribution in [3.8, 4) is 0 Å². The van der Waals surface area contributed by atoms with Crippen LogP contribution in [0.15, 0.2) is 0 Å². The Labute approximate surface area is 128 Å². The zero-order valence-corrected chi connectivity index (χ0v) is 13.7. The average molecular weight is 298 g/mol. The standard InChI is InChI=1S/C16H30N2O3/c1-4-5-16(15(19)20)6-7-17(12-16)10-14-11-18(13(2)3)8-9-21-14/h13-14H,4-12H2,1-3H3,(H,19,20). The van der Waals surface area contributed by atoms with Gasteiger partial charge in [-0.2, -0.15) is 0 Å². The molecule has 2 unspecified atom stereocenters. The van der Waals surface area contributed by atoms with Gasteiger partial charge in [0.05, 0.1) is 18.1 Å². The zero-order valence-electron chi connectivity index (χ0n) is 13.7. The molecule has 2 heterocycles. The van der Waals surface area contributed by atoms with E-state index in [1.165, 1.54) is 0 Å². The largest absolute Gasteiger partial charge is 0.481 e. The number of aliphatic carboxylic acids is 1. The summed E-state index contributed by atoms with van der Waals surface area (Å²) in [6.45, 7) is 11.7. The molecule has 0 bridgehead atoms. The Bertz CT molecular complexity index is 361. The van der Waals surface area contributed by atoms with E-state index < -0.39 is 11.4 Å². The van der Waals surface area contributed by atoms with E-state index in [1.807, 2.05) is 0 Å². The van der Waals surface area contributed by atoms with Gasteiger partial charge >= 0.3 is 5.97 Å². The third-order valence-electron chi connectivity index (χ3n) is 4.98. The molecule has 122 valence electrons. The van der Waals surface area contributed by atoms with E-state index in [4.69, 9.17) is 4.74 Å². The highest BCUT2D eigenvalue weighted by molar-refractivity contribution is 5.75. The van der Waals surface area contributed by atoms with E-state index in [0.717, 1.165) is 52.0 Å². The quantitative estimate of drug-likeness (QED) is 0.808. The Balaban J connectivity index is 1.88. The summed E-state index contributed by atoms with van der Waals surface area (Å²) in [5, 5.41) is 9.57. The van der Waals surface area contributed by atoms with E-state index in [-0.39, 0.29) is 6.10 Å². The minimum absolute atomic E-state index is 0.215. The smallest absolute Gasteiger partial charge is 0.310 e. The number of likely N-dealkylation sites (tertiary alicyclic amines) is 1. The Morgan fingerprint density at radius 1 is 1.43 bits per heavy atom. The molecule has 0 aliphatic carbocycles. The van der Waals surface area contributed by atoms with Gasteiger partial charge in [0, 0.05) is 32.2 Å². The molecule has 2 aliphatic rings. The molecule has 2 aliphatic heterocycles. The highest BCUT2D eigenvalue weighted by atomic mass is 16.5. The Hall–Kier alpha value is -0.650. The van der Waals surface area contributed by atoms with Crippen molar-refractivity contribution >= 4 is 5.97 Å². The Morgan fingerprint density at radius 3 is 2.81 bits per heavy atom. The zero-order chi connectivity index (χ0) is 15.5. The summed E-state index contributed by atoms with van der Waals surface area (Å²) in [6, 6.07) is 0.549. The minimum Gasteiger partial charge on any atom is -0.481 e. The summed E-state index contributed by atoms with van der Waals surface area (Å²) in [7, 11) is 0. The van der Waals surface area contributed by atoms with Gasteiger partial charge in [-0.15, -0.1) is 0 Å². The van der Waals surface area contributed by atoms with Crippen LogP contribution in [-0.4, -0.2) is 72.4 Å². The summed E-state index contributed by atoms with van der Waals surface area (Å²) in [4.78, 5) is 16.4. The molecule has 5 heteroatoms. The molecule has 0 spiro atoms. The molecule has 2 atom stereocenters. The maximum atomic E-state index is 11.6. The SMILES string of the molecule is CCCC1(C(=O)O)CCN(CC2CN(C(C)C)CCO2)C1. The number of hydrogen-bond acceptors (Lipinski definition) is 4. The van der Waals surface area contributed by atoms with Gasteiger partial charge in [-0.05, 0) is 33.2 Å². The van der Waals surface area contributed by atoms with Crippen LogP contribution in [0.25, 0.3) is 0 Å². The van der Waals surface area contributed by atoms with Gasteiger partial charge < -0.3 is 9.84 Å². The first-order valence-corrected chi connectivity index (χ1v) is 8.28. The van der Waals surface area contributed by atoms with Crippen molar-refractivity contribution in [2.45, 2.75) is 52.2 Å². The fourth-order valence-corrected chi connectivity index (χ4v) is 3.69. The lowest BCUT2D eigenvalue weighted by Crippen LogP contribution is -2.49. The first-order valence-electron chi connectivity index (χ1n) is 8.28. The van der Waals surface area contributed by atoms with Crippen molar-refractivity contribution in [1.82, 2.24) is 9.80 Å². The van der Waals surface area contributed by atoms with E-state index in [9.17, 15) is 9.90 Å². The summed E-state index contributed by atoms with van der Waals surface area (Å²) in [5.41, 5.74) is -0.527. The second-order valence-corrected chi connectivity index (χ2v) is 6.90. The number of carboxylic acid groups (broad SMARTS) is 1. The van der Waals surface area contributed by atoms with Crippen molar-refractivity contribution in [2.24, 2.45) is 5.41 Å². The van der Waals surface area contributed by atoms with Crippen molar-refractivity contribution in [3.05, 3.63) is 0 Å². The van der Waals surface area contributed by atoms with Crippen molar-refractivity contribution in [1.29, 1.82) is 0 Å². The molecule has 2 fully saturated rings. The maximum absolute atomic E-state index is 11.6. The van der Waals surface area contributed by atoms with Gasteiger partial charge in [0.1, 0.15) is 0 Å². The van der Waals surface area contributed by atoms with Crippen molar-refractivity contribution in [3.63, 3.8) is 0 Å². The van der Waals surface area contributed by atoms with Gasteiger partial charge in [-0.25, -0.2) is 0 Å².